The zero-order valence-corrected chi connectivity index (χ0v) is 23.4. The minimum Gasteiger partial charge on any atom is -0.461 e. The Morgan fingerprint density at radius 2 is 1.90 bits per heavy atom. The van der Waals surface area contributed by atoms with Crippen LogP contribution >= 0.6 is 11.6 Å². The number of nitrogens with two attached hydrogens (primary N) is 1. The van der Waals surface area contributed by atoms with Gasteiger partial charge in [0, 0.05) is 48.7 Å². The number of anilines is 2. The number of halogens is 2. The molecule has 0 bridgehead atoms. The topological polar surface area (TPSA) is 76.7 Å². The predicted octanol–water partition coefficient (Wildman–Crippen LogP) is 5.35. The fraction of sp³-hybridized carbons (Fsp3) is 0.667. The van der Waals surface area contributed by atoms with Crippen LogP contribution in [0.25, 0.3) is 0 Å². The Balaban J connectivity index is 1.25. The van der Waals surface area contributed by atoms with Crippen LogP contribution in [0.5, 0.6) is 6.01 Å². The van der Waals surface area contributed by atoms with Crippen LogP contribution in [0.2, 0.25) is 5.02 Å². The minimum atomic E-state index is -0.784. The number of fused-ring (bicyclic) bond motifs is 4. The Labute approximate surface area is 235 Å². The highest BCUT2D eigenvalue weighted by atomic mass is 35.5. The van der Waals surface area contributed by atoms with Crippen molar-refractivity contribution in [3.8, 4) is 6.01 Å². The number of ether oxygens (including phenoxy) is 2. The van der Waals surface area contributed by atoms with Gasteiger partial charge in [-0.15, -0.1) is 0 Å². The maximum absolute atomic E-state index is 14.4. The SMILES string of the molecule is Nc1cc(Cl)c2c(c1)[C@@]1(CCC2)Cc2nc(OCC34CCCN3C[C@H](F)C4)nc(N3CCCCCC3)c2CO1. The van der Waals surface area contributed by atoms with Crippen molar-refractivity contribution in [2.24, 2.45) is 0 Å². The fourth-order valence-corrected chi connectivity index (χ4v) is 8.24. The highest BCUT2D eigenvalue weighted by Gasteiger charge is 2.50. The normalized spacial score (nSPS) is 30.6. The second kappa shape index (κ2) is 10.0. The Hall–Kier alpha value is -2.16. The highest BCUT2D eigenvalue weighted by Crippen LogP contribution is 2.48. The molecule has 210 valence electrons. The number of hydrogen-bond acceptors (Lipinski definition) is 7. The van der Waals surface area contributed by atoms with Gasteiger partial charge >= 0.3 is 6.01 Å². The third kappa shape index (κ3) is 4.56. The molecule has 3 saturated heterocycles. The maximum Gasteiger partial charge on any atom is 0.318 e. The molecule has 0 amide bonds. The summed E-state index contributed by atoms with van der Waals surface area (Å²) in [6.07, 6.45) is 10.1. The van der Waals surface area contributed by atoms with Gasteiger partial charge in [-0.2, -0.15) is 9.97 Å². The number of benzene rings is 1. The molecule has 5 aliphatic rings. The number of nitrogens with zero attached hydrogens (tertiary/aromatic N) is 4. The van der Waals surface area contributed by atoms with E-state index in [-0.39, 0.29) is 5.54 Å². The van der Waals surface area contributed by atoms with Gasteiger partial charge in [0.25, 0.3) is 0 Å². The van der Waals surface area contributed by atoms with E-state index >= 15 is 0 Å². The number of nitrogen functional groups attached to an aromatic ring is 1. The quantitative estimate of drug-likeness (QED) is 0.509. The van der Waals surface area contributed by atoms with Crippen LogP contribution in [0.1, 0.15) is 80.2 Å². The van der Waals surface area contributed by atoms with Gasteiger partial charge in [-0.1, -0.05) is 24.4 Å². The molecule has 1 aromatic heterocycles. The van der Waals surface area contributed by atoms with Gasteiger partial charge in [0.1, 0.15) is 18.6 Å². The molecule has 9 heteroatoms. The summed E-state index contributed by atoms with van der Waals surface area (Å²) < 4.78 is 27.6. The van der Waals surface area contributed by atoms with Gasteiger partial charge < -0.3 is 20.1 Å². The Morgan fingerprint density at radius 1 is 1.05 bits per heavy atom. The first-order chi connectivity index (χ1) is 18.9. The fourth-order valence-electron chi connectivity index (χ4n) is 7.91. The molecule has 7 rings (SSSR count). The zero-order chi connectivity index (χ0) is 26.6. The van der Waals surface area contributed by atoms with Crippen molar-refractivity contribution in [3.63, 3.8) is 0 Å². The molecule has 2 aromatic rings. The summed E-state index contributed by atoms with van der Waals surface area (Å²) in [5.41, 5.74) is 10.5. The second-order valence-electron chi connectivity index (χ2n) is 12.4. The van der Waals surface area contributed by atoms with Crippen molar-refractivity contribution in [1.82, 2.24) is 14.9 Å². The Bertz CT molecular complexity index is 1250. The number of alkyl halides is 1. The lowest BCUT2D eigenvalue weighted by Crippen LogP contribution is -2.44. The van der Waals surface area contributed by atoms with E-state index in [0.29, 0.717) is 44.3 Å². The molecular weight excluding hydrogens is 517 g/mol. The summed E-state index contributed by atoms with van der Waals surface area (Å²) in [6.45, 7) is 4.29. The van der Waals surface area contributed by atoms with Crippen molar-refractivity contribution >= 4 is 23.1 Å². The van der Waals surface area contributed by atoms with E-state index in [2.05, 4.69) is 9.80 Å². The van der Waals surface area contributed by atoms with Gasteiger partial charge in [-0.05, 0) is 74.8 Å². The second-order valence-corrected chi connectivity index (χ2v) is 12.8. The summed E-state index contributed by atoms with van der Waals surface area (Å²) >= 11 is 6.66. The van der Waals surface area contributed by atoms with E-state index < -0.39 is 11.8 Å². The minimum absolute atomic E-state index is 0.234. The Morgan fingerprint density at radius 3 is 2.74 bits per heavy atom. The van der Waals surface area contributed by atoms with Crippen molar-refractivity contribution in [2.45, 2.75) is 94.5 Å². The third-order valence-electron chi connectivity index (χ3n) is 9.85. The molecule has 1 aromatic carbocycles. The standard InChI is InChI=1S/C30H39ClFN5O2/c31-25-14-21(33)13-24-22(25)7-5-9-30(24)16-26-23(18-39-30)27(36-10-3-1-2-4-11-36)35-28(34-26)38-19-29-8-6-12-37(29)17-20(32)15-29/h13-14,20H,1-12,15-19,33H2/t20-,29?,30-/m1/s1. The molecule has 5 heterocycles. The number of hydrogen-bond donors (Lipinski definition) is 1. The molecule has 1 unspecified atom stereocenters. The molecule has 0 radical (unpaired) electrons. The van der Waals surface area contributed by atoms with E-state index in [4.69, 9.17) is 36.8 Å². The highest BCUT2D eigenvalue weighted by molar-refractivity contribution is 6.31. The summed E-state index contributed by atoms with van der Waals surface area (Å²) in [4.78, 5) is 14.7. The average molecular weight is 556 g/mol. The van der Waals surface area contributed by atoms with Crippen LogP contribution in [0.15, 0.2) is 12.1 Å². The summed E-state index contributed by atoms with van der Waals surface area (Å²) in [6, 6.07) is 4.30. The third-order valence-corrected chi connectivity index (χ3v) is 10.2. The van der Waals surface area contributed by atoms with Crippen molar-refractivity contribution in [2.75, 3.05) is 43.4 Å². The van der Waals surface area contributed by atoms with Gasteiger partial charge in [-0.25, -0.2) is 4.39 Å². The van der Waals surface area contributed by atoms with Crippen LogP contribution < -0.4 is 15.4 Å². The van der Waals surface area contributed by atoms with Crippen LogP contribution in [0.3, 0.4) is 0 Å². The van der Waals surface area contributed by atoms with Crippen molar-refractivity contribution < 1.29 is 13.9 Å². The van der Waals surface area contributed by atoms with Crippen LogP contribution in [-0.4, -0.2) is 59.4 Å². The predicted molar refractivity (Wildman–Crippen MR) is 150 cm³/mol. The van der Waals surface area contributed by atoms with Crippen molar-refractivity contribution in [1.29, 1.82) is 0 Å². The molecule has 3 atom stereocenters. The maximum atomic E-state index is 14.4. The molecule has 2 N–H and O–H groups in total. The summed E-state index contributed by atoms with van der Waals surface area (Å²) in [5, 5.41) is 0.721. The Kier molecular flexibility index (Phi) is 6.63. The largest absolute Gasteiger partial charge is 0.461 e. The monoisotopic (exact) mass is 555 g/mol. The lowest BCUT2D eigenvalue weighted by Gasteiger charge is -2.43. The number of rotatable bonds is 4. The molecule has 7 nitrogen and oxygen atoms in total. The van der Waals surface area contributed by atoms with Gasteiger partial charge in [0.15, 0.2) is 0 Å². The molecular formula is C30H39ClFN5O2. The molecule has 4 aliphatic heterocycles. The van der Waals surface area contributed by atoms with Gasteiger partial charge in [0.05, 0.1) is 23.4 Å². The van der Waals surface area contributed by atoms with Crippen LogP contribution in [-0.2, 0) is 29.8 Å². The number of aromatic nitrogens is 2. The zero-order valence-electron chi connectivity index (χ0n) is 22.7. The van der Waals surface area contributed by atoms with E-state index in [1.165, 1.54) is 12.8 Å². The first-order valence-electron chi connectivity index (χ1n) is 14.8. The first kappa shape index (κ1) is 25.8. The van der Waals surface area contributed by atoms with E-state index in [1.54, 1.807) is 0 Å². The van der Waals surface area contributed by atoms with Gasteiger partial charge in [-0.3, -0.25) is 4.90 Å². The first-order valence-corrected chi connectivity index (χ1v) is 15.2. The van der Waals surface area contributed by atoms with E-state index in [9.17, 15) is 4.39 Å². The van der Waals surface area contributed by atoms with E-state index in [0.717, 1.165) is 97.8 Å². The molecule has 3 fully saturated rings. The van der Waals surface area contributed by atoms with Crippen LogP contribution in [0, 0.1) is 0 Å². The van der Waals surface area contributed by atoms with Crippen molar-refractivity contribution in [3.05, 3.63) is 39.5 Å². The smallest absolute Gasteiger partial charge is 0.318 e. The van der Waals surface area contributed by atoms with Crippen LogP contribution in [0.4, 0.5) is 15.9 Å². The van der Waals surface area contributed by atoms with E-state index in [1.807, 2.05) is 12.1 Å². The summed E-state index contributed by atoms with van der Waals surface area (Å²) in [5.74, 6) is 0.948. The lowest BCUT2D eigenvalue weighted by atomic mass is 9.74. The molecule has 0 saturated carbocycles. The van der Waals surface area contributed by atoms with Gasteiger partial charge in [0.2, 0.25) is 0 Å². The molecule has 1 spiro atoms. The lowest BCUT2D eigenvalue weighted by molar-refractivity contribution is -0.0855. The average Bonchev–Trinajstić information content (AvgIpc) is 3.29. The summed E-state index contributed by atoms with van der Waals surface area (Å²) in [7, 11) is 0. The molecule has 1 aliphatic carbocycles. The molecule has 39 heavy (non-hydrogen) atoms.